The van der Waals surface area contributed by atoms with E-state index in [4.69, 9.17) is 11.6 Å². The van der Waals surface area contributed by atoms with Crippen molar-refractivity contribution in [1.29, 1.82) is 0 Å². The van der Waals surface area contributed by atoms with Gasteiger partial charge in [-0.2, -0.15) is 11.8 Å². The van der Waals surface area contributed by atoms with Crippen molar-refractivity contribution in [2.75, 3.05) is 28.3 Å². The molecule has 1 fully saturated rings. The van der Waals surface area contributed by atoms with Crippen molar-refractivity contribution < 1.29 is 4.79 Å². The van der Waals surface area contributed by atoms with E-state index >= 15 is 0 Å². The van der Waals surface area contributed by atoms with Gasteiger partial charge < -0.3 is 10.2 Å². The molecule has 0 saturated carbocycles. The average molecular weight is 269 g/mol. The number of thioether (sulfide) groups is 1. The van der Waals surface area contributed by atoms with Gasteiger partial charge in [-0.25, -0.2) is 0 Å². The summed E-state index contributed by atoms with van der Waals surface area (Å²) in [6.45, 7) is 0.959. The molecule has 1 atom stereocenters. The smallest absolute Gasteiger partial charge is 0.226 e. The van der Waals surface area contributed by atoms with Crippen LogP contribution in [-0.2, 0) is 4.79 Å². The number of carbonyl (C=O) groups excluding carboxylic acids is 1. The van der Waals surface area contributed by atoms with Gasteiger partial charge in [0.2, 0.25) is 5.91 Å². The second-order valence-electron chi connectivity index (χ2n) is 4.31. The maximum Gasteiger partial charge on any atom is 0.226 e. The summed E-state index contributed by atoms with van der Waals surface area (Å²) in [5.41, 5.74) is 1.84. The number of benzene rings is 1. The van der Waals surface area contributed by atoms with E-state index in [1.807, 2.05) is 30.0 Å². The number of carbonyl (C=O) groups is 1. The van der Waals surface area contributed by atoms with Crippen molar-refractivity contribution >= 4 is 40.6 Å². The lowest BCUT2D eigenvalue weighted by atomic mass is 10.1. The molecule has 3 nitrogen and oxygen atoms in total. The summed E-state index contributed by atoms with van der Waals surface area (Å²) in [5.74, 6) is 2.18. The predicted octanol–water partition coefficient (Wildman–Crippen LogP) is 2.60. The standard InChI is InChI=1S/C12H13ClN2OS/c13-9-2-1-3-10-12(9)15-4-5-17-7-8(15)6-11(16)14-10/h1-3,8H,4-7H2,(H,14,16). The maximum absolute atomic E-state index is 11.8. The topological polar surface area (TPSA) is 32.3 Å². The molecule has 3 rings (SSSR count). The van der Waals surface area contributed by atoms with Crippen LogP contribution in [0.25, 0.3) is 0 Å². The fourth-order valence-corrected chi connectivity index (χ4v) is 3.79. The minimum Gasteiger partial charge on any atom is -0.363 e. The van der Waals surface area contributed by atoms with Gasteiger partial charge in [0.25, 0.3) is 0 Å². The summed E-state index contributed by atoms with van der Waals surface area (Å²) in [6, 6.07) is 5.95. The lowest BCUT2D eigenvalue weighted by Crippen LogP contribution is -2.42. The first-order valence-corrected chi connectivity index (χ1v) is 7.22. The number of halogens is 1. The largest absolute Gasteiger partial charge is 0.363 e. The molecule has 0 spiro atoms. The summed E-state index contributed by atoms with van der Waals surface area (Å²) < 4.78 is 0. The highest BCUT2D eigenvalue weighted by Gasteiger charge is 2.31. The molecule has 0 aromatic heterocycles. The zero-order chi connectivity index (χ0) is 11.8. The molecule has 5 heteroatoms. The third-order valence-corrected chi connectivity index (χ3v) is 4.59. The number of anilines is 2. The number of para-hydroxylation sites is 1. The van der Waals surface area contributed by atoms with E-state index in [0.717, 1.165) is 34.4 Å². The highest BCUT2D eigenvalue weighted by molar-refractivity contribution is 7.99. The number of fused-ring (bicyclic) bond motifs is 3. The highest BCUT2D eigenvalue weighted by Crippen LogP contribution is 2.39. The number of hydrogen-bond acceptors (Lipinski definition) is 3. The van der Waals surface area contributed by atoms with Crippen LogP contribution in [0.2, 0.25) is 5.02 Å². The van der Waals surface area contributed by atoms with Crippen LogP contribution >= 0.6 is 23.4 Å². The second kappa shape index (κ2) is 4.42. The Hall–Kier alpha value is -0.870. The minimum atomic E-state index is 0.0866. The molecule has 2 aliphatic heterocycles. The van der Waals surface area contributed by atoms with Gasteiger partial charge in [0.05, 0.1) is 16.4 Å². The van der Waals surface area contributed by atoms with Gasteiger partial charge in [0.1, 0.15) is 0 Å². The van der Waals surface area contributed by atoms with Gasteiger partial charge in [0, 0.05) is 30.5 Å². The van der Waals surface area contributed by atoms with Crippen LogP contribution in [0.5, 0.6) is 0 Å². The second-order valence-corrected chi connectivity index (χ2v) is 5.87. The van der Waals surface area contributed by atoms with Gasteiger partial charge in [-0.05, 0) is 12.1 Å². The molecule has 0 bridgehead atoms. The van der Waals surface area contributed by atoms with Crippen molar-refractivity contribution in [1.82, 2.24) is 0 Å². The SMILES string of the molecule is O=C1CC2CSCCN2c2c(Cl)cccc2N1. The Morgan fingerprint density at radius 3 is 3.24 bits per heavy atom. The molecular formula is C12H13ClN2OS. The van der Waals surface area contributed by atoms with E-state index in [9.17, 15) is 4.79 Å². The van der Waals surface area contributed by atoms with Crippen LogP contribution in [-0.4, -0.2) is 30.0 Å². The monoisotopic (exact) mass is 268 g/mol. The molecule has 2 heterocycles. The van der Waals surface area contributed by atoms with Crippen molar-refractivity contribution in [3.8, 4) is 0 Å². The van der Waals surface area contributed by atoms with Crippen LogP contribution in [0.4, 0.5) is 11.4 Å². The lowest BCUT2D eigenvalue weighted by Gasteiger charge is -2.36. The van der Waals surface area contributed by atoms with Crippen LogP contribution < -0.4 is 10.2 Å². The van der Waals surface area contributed by atoms with Crippen molar-refractivity contribution in [2.45, 2.75) is 12.5 Å². The van der Waals surface area contributed by atoms with E-state index in [-0.39, 0.29) is 11.9 Å². The summed E-state index contributed by atoms with van der Waals surface area (Å²) in [4.78, 5) is 14.1. The Kier molecular flexibility index (Phi) is 2.92. The fourth-order valence-electron chi connectivity index (χ4n) is 2.44. The van der Waals surface area contributed by atoms with E-state index in [0.29, 0.717) is 6.42 Å². The van der Waals surface area contributed by atoms with Crippen molar-refractivity contribution in [3.63, 3.8) is 0 Å². The molecule has 90 valence electrons. The highest BCUT2D eigenvalue weighted by atomic mass is 35.5. The molecule has 1 aromatic rings. The summed E-state index contributed by atoms with van der Waals surface area (Å²) in [7, 11) is 0. The molecular weight excluding hydrogens is 256 g/mol. The molecule has 1 N–H and O–H groups in total. The quantitative estimate of drug-likeness (QED) is 0.785. The van der Waals surface area contributed by atoms with Crippen molar-refractivity contribution in [2.24, 2.45) is 0 Å². The number of nitrogens with one attached hydrogen (secondary N) is 1. The third kappa shape index (κ3) is 2.00. The third-order valence-electron chi connectivity index (χ3n) is 3.20. The molecule has 1 aromatic carbocycles. The molecule has 2 aliphatic rings. The van der Waals surface area contributed by atoms with Gasteiger partial charge in [0.15, 0.2) is 0 Å². The number of amides is 1. The van der Waals surface area contributed by atoms with Crippen LogP contribution in [0.15, 0.2) is 18.2 Å². The summed E-state index contributed by atoms with van der Waals surface area (Å²) in [5, 5.41) is 3.67. The normalized spacial score (nSPS) is 23.5. The van der Waals surface area contributed by atoms with Crippen molar-refractivity contribution in [3.05, 3.63) is 23.2 Å². The van der Waals surface area contributed by atoms with E-state index in [1.165, 1.54) is 0 Å². The minimum absolute atomic E-state index is 0.0866. The summed E-state index contributed by atoms with van der Waals surface area (Å²) in [6.07, 6.45) is 0.554. The van der Waals surface area contributed by atoms with Crippen LogP contribution in [0.3, 0.4) is 0 Å². The van der Waals surface area contributed by atoms with E-state index in [2.05, 4.69) is 10.2 Å². The maximum atomic E-state index is 11.8. The number of hydrogen-bond donors (Lipinski definition) is 1. The van der Waals surface area contributed by atoms with Gasteiger partial charge in [-0.3, -0.25) is 4.79 Å². The Morgan fingerprint density at radius 1 is 1.47 bits per heavy atom. The summed E-state index contributed by atoms with van der Waals surface area (Å²) >= 11 is 8.19. The van der Waals surface area contributed by atoms with E-state index in [1.54, 1.807) is 0 Å². The van der Waals surface area contributed by atoms with Crippen LogP contribution in [0.1, 0.15) is 6.42 Å². The fraction of sp³-hybridized carbons (Fsp3) is 0.417. The number of rotatable bonds is 0. The zero-order valence-corrected chi connectivity index (χ0v) is 10.9. The Labute approximate surface area is 110 Å². The number of nitrogens with zero attached hydrogens (tertiary/aromatic N) is 1. The van der Waals surface area contributed by atoms with Crippen LogP contribution in [0, 0.1) is 0 Å². The van der Waals surface area contributed by atoms with Gasteiger partial charge in [-0.1, -0.05) is 17.7 Å². The van der Waals surface area contributed by atoms with Gasteiger partial charge in [-0.15, -0.1) is 0 Å². The Bertz CT molecular complexity index is 466. The predicted molar refractivity (Wildman–Crippen MR) is 73.2 cm³/mol. The van der Waals surface area contributed by atoms with E-state index < -0.39 is 0 Å². The molecule has 0 aliphatic carbocycles. The van der Waals surface area contributed by atoms with Gasteiger partial charge >= 0.3 is 0 Å². The first-order chi connectivity index (χ1) is 8.25. The molecule has 1 unspecified atom stereocenters. The molecule has 1 amide bonds. The zero-order valence-electron chi connectivity index (χ0n) is 9.28. The Morgan fingerprint density at radius 2 is 2.35 bits per heavy atom. The lowest BCUT2D eigenvalue weighted by molar-refractivity contribution is -0.116. The average Bonchev–Trinajstić information content (AvgIpc) is 2.44. The Balaban J connectivity index is 2.10. The molecule has 1 saturated heterocycles. The first-order valence-electron chi connectivity index (χ1n) is 5.68. The molecule has 17 heavy (non-hydrogen) atoms. The molecule has 0 radical (unpaired) electrons. The first kappa shape index (κ1) is 11.2.